The second-order valence-corrected chi connectivity index (χ2v) is 7.09. The van der Waals surface area contributed by atoms with E-state index in [0.29, 0.717) is 12.1 Å². The summed E-state index contributed by atoms with van der Waals surface area (Å²) in [6, 6.07) is 7.32. The molecule has 0 radical (unpaired) electrons. The Labute approximate surface area is 164 Å². The molecule has 0 aliphatic carbocycles. The fourth-order valence-corrected chi connectivity index (χ4v) is 3.11. The molecule has 1 amide bonds. The van der Waals surface area contributed by atoms with E-state index in [4.69, 9.17) is 4.74 Å². The molecule has 2 N–H and O–H groups in total. The molecule has 0 saturated heterocycles. The highest BCUT2D eigenvalue weighted by Crippen LogP contribution is 2.22. The van der Waals surface area contributed by atoms with Gasteiger partial charge in [-0.2, -0.15) is 0 Å². The number of amides is 1. The van der Waals surface area contributed by atoms with E-state index in [2.05, 4.69) is 15.3 Å². The SMILES string of the molecule is COCC(NC(=O)c1cc(Cc2ccc(C)nc2)c2ccn(C)c2n1)C(C)O. The number of aliphatic hydroxyl groups is 1. The van der Waals surface area contributed by atoms with Crippen LogP contribution in [0.1, 0.15) is 34.2 Å². The lowest BCUT2D eigenvalue weighted by Crippen LogP contribution is -2.45. The van der Waals surface area contributed by atoms with Gasteiger partial charge in [0.2, 0.25) is 0 Å². The standard InChI is InChI=1S/C21H26N4O3/c1-13-5-6-15(11-22-13)9-16-10-18(23-20-17(16)7-8-25(20)3)21(27)24-19(12-28-4)14(2)26/h5-8,10-11,14,19,26H,9,12H2,1-4H3,(H,24,27). The van der Waals surface area contributed by atoms with Crippen LogP contribution >= 0.6 is 0 Å². The van der Waals surface area contributed by atoms with Crippen molar-refractivity contribution in [2.24, 2.45) is 7.05 Å². The minimum Gasteiger partial charge on any atom is -0.391 e. The zero-order valence-electron chi connectivity index (χ0n) is 16.6. The maximum Gasteiger partial charge on any atom is 0.270 e. The van der Waals surface area contributed by atoms with E-state index < -0.39 is 12.1 Å². The third-order valence-electron chi connectivity index (χ3n) is 4.77. The van der Waals surface area contributed by atoms with Crippen molar-refractivity contribution < 1.29 is 14.6 Å². The van der Waals surface area contributed by atoms with Gasteiger partial charge in [0.1, 0.15) is 11.3 Å². The van der Waals surface area contributed by atoms with Gasteiger partial charge in [0.05, 0.1) is 18.8 Å². The Morgan fingerprint density at radius 3 is 2.79 bits per heavy atom. The molecule has 0 saturated carbocycles. The van der Waals surface area contributed by atoms with Gasteiger partial charge in [-0.05, 0) is 49.6 Å². The monoisotopic (exact) mass is 382 g/mol. The lowest BCUT2D eigenvalue weighted by molar-refractivity contribution is 0.0659. The van der Waals surface area contributed by atoms with Crippen LogP contribution in [0.2, 0.25) is 0 Å². The number of methoxy groups -OCH3 is 1. The second-order valence-electron chi connectivity index (χ2n) is 7.09. The van der Waals surface area contributed by atoms with Gasteiger partial charge in [-0.25, -0.2) is 4.98 Å². The molecule has 28 heavy (non-hydrogen) atoms. The van der Waals surface area contributed by atoms with Crippen LogP contribution in [0.15, 0.2) is 36.7 Å². The summed E-state index contributed by atoms with van der Waals surface area (Å²) in [4.78, 5) is 21.7. The van der Waals surface area contributed by atoms with Crippen LogP contribution in [0.4, 0.5) is 0 Å². The summed E-state index contributed by atoms with van der Waals surface area (Å²) in [5.41, 5.74) is 4.08. The van der Waals surface area contributed by atoms with Crippen LogP contribution in [-0.2, 0) is 18.2 Å². The van der Waals surface area contributed by atoms with Gasteiger partial charge in [0.15, 0.2) is 0 Å². The molecule has 3 aromatic heterocycles. The zero-order valence-corrected chi connectivity index (χ0v) is 16.6. The number of aryl methyl sites for hydroxylation is 2. The predicted octanol–water partition coefficient (Wildman–Crippen LogP) is 1.99. The van der Waals surface area contributed by atoms with Crippen LogP contribution in [-0.4, -0.2) is 51.4 Å². The number of hydrogen-bond acceptors (Lipinski definition) is 5. The van der Waals surface area contributed by atoms with E-state index in [1.54, 1.807) is 6.92 Å². The number of carbonyl (C=O) groups is 1. The summed E-state index contributed by atoms with van der Waals surface area (Å²) in [6.45, 7) is 3.79. The smallest absolute Gasteiger partial charge is 0.270 e. The molecule has 0 fully saturated rings. The molecule has 3 aromatic rings. The Bertz CT molecular complexity index is 964. The van der Waals surface area contributed by atoms with Crippen molar-refractivity contribution in [2.45, 2.75) is 32.4 Å². The number of aromatic nitrogens is 3. The summed E-state index contributed by atoms with van der Waals surface area (Å²) in [5, 5.41) is 13.7. The van der Waals surface area contributed by atoms with Crippen LogP contribution in [0.25, 0.3) is 11.0 Å². The number of aliphatic hydroxyl groups excluding tert-OH is 1. The number of rotatable bonds is 7. The molecular formula is C21H26N4O3. The third kappa shape index (κ3) is 4.37. The highest BCUT2D eigenvalue weighted by Gasteiger charge is 2.21. The highest BCUT2D eigenvalue weighted by molar-refractivity contribution is 5.95. The molecule has 0 bridgehead atoms. The number of fused-ring (bicyclic) bond motifs is 1. The average molecular weight is 382 g/mol. The van der Waals surface area contributed by atoms with E-state index in [9.17, 15) is 9.90 Å². The number of carbonyl (C=O) groups excluding carboxylic acids is 1. The van der Waals surface area contributed by atoms with Gasteiger partial charge in [-0.3, -0.25) is 9.78 Å². The summed E-state index contributed by atoms with van der Waals surface area (Å²) >= 11 is 0. The molecule has 2 unspecified atom stereocenters. The van der Waals surface area contributed by atoms with Gasteiger partial charge in [0.25, 0.3) is 5.91 Å². The van der Waals surface area contributed by atoms with Crippen LogP contribution in [0.3, 0.4) is 0 Å². The van der Waals surface area contributed by atoms with Gasteiger partial charge < -0.3 is 19.7 Å². The topological polar surface area (TPSA) is 89.3 Å². The van der Waals surface area contributed by atoms with Crippen molar-refractivity contribution in [1.82, 2.24) is 19.9 Å². The molecule has 0 spiro atoms. The van der Waals surface area contributed by atoms with E-state index in [1.807, 2.05) is 55.2 Å². The van der Waals surface area contributed by atoms with E-state index in [-0.39, 0.29) is 12.5 Å². The first kappa shape index (κ1) is 20.0. The largest absolute Gasteiger partial charge is 0.391 e. The Morgan fingerprint density at radius 2 is 2.14 bits per heavy atom. The number of nitrogens with one attached hydrogen (secondary N) is 1. The molecular weight excluding hydrogens is 356 g/mol. The molecule has 0 aliphatic heterocycles. The van der Waals surface area contributed by atoms with Crippen molar-refractivity contribution in [1.29, 1.82) is 0 Å². The van der Waals surface area contributed by atoms with E-state index in [0.717, 1.165) is 27.9 Å². The van der Waals surface area contributed by atoms with Crippen LogP contribution in [0.5, 0.6) is 0 Å². The van der Waals surface area contributed by atoms with Crippen molar-refractivity contribution in [3.8, 4) is 0 Å². The highest BCUT2D eigenvalue weighted by atomic mass is 16.5. The number of ether oxygens (including phenoxy) is 1. The van der Waals surface area contributed by atoms with Crippen LogP contribution in [0, 0.1) is 6.92 Å². The fourth-order valence-electron chi connectivity index (χ4n) is 3.11. The fraction of sp³-hybridized carbons (Fsp3) is 0.381. The predicted molar refractivity (Wildman–Crippen MR) is 107 cm³/mol. The van der Waals surface area contributed by atoms with E-state index in [1.165, 1.54) is 7.11 Å². The lowest BCUT2D eigenvalue weighted by Gasteiger charge is -2.20. The summed E-state index contributed by atoms with van der Waals surface area (Å²) in [5.74, 6) is -0.339. The Kier molecular flexibility index (Phi) is 6.06. The molecule has 0 aromatic carbocycles. The number of pyridine rings is 2. The minimum absolute atomic E-state index is 0.220. The van der Waals surface area contributed by atoms with Crippen molar-refractivity contribution in [2.75, 3.05) is 13.7 Å². The van der Waals surface area contributed by atoms with Crippen molar-refractivity contribution in [3.05, 3.63) is 59.2 Å². The molecule has 3 heterocycles. The number of hydrogen-bond donors (Lipinski definition) is 2. The molecule has 3 rings (SSSR count). The maximum absolute atomic E-state index is 12.8. The first-order valence-corrected chi connectivity index (χ1v) is 9.23. The normalized spacial score (nSPS) is 13.5. The van der Waals surface area contributed by atoms with Crippen LogP contribution < -0.4 is 5.32 Å². The van der Waals surface area contributed by atoms with Gasteiger partial charge in [-0.1, -0.05) is 6.07 Å². The minimum atomic E-state index is -0.735. The lowest BCUT2D eigenvalue weighted by atomic mass is 10.0. The van der Waals surface area contributed by atoms with Gasteiger partial charge >= 0.3 is 0 Å². The summed E-state index contributed by atoms with van der Waals surface area (Å²) in [6.07, 6.45) is 3.70. The van der Waals surface area contributed by atoms with Gasteiger partial charge in [0, 0.05) is 37.6 Å². The van der Waals surface area contributed by atoms with E-state index >= 15 is 0 Å². The Morgan fingerprint density at radius 1 is 1.36 bits per heavy atom. The average Bonchev–Trinajstić information content (AvgIpc) is 3.04. The summed E-state index contributed by atoms with van der Waals surface area (Å²) in [7, 11) is 3.43. The Balaban J connectivity index is 1.95. The molecule has 148 valence electrons. The zero-order chi connectivity index (χ0) is 20.3. The molecule has 7 heteroatoms. The quantitative estimate of drug-likeness (QED) is 0.652. The Hall–Kier alpha value is -2.77. The molecule has 0 aliphatic rings. The first-order valence-electron chi connectivity index (χ1n) is 9.23. The molecule has 7 nitrogen and oxygen atoms in total. The third-order valence-corrected chi connectivity index (χ3v) is 4.77. The first-order chi connectivity index (χ1) is 13.4. The molecule has 2 atom stereocenters. The van der Waals surface area contributed by atoms with Gasteiger partial charge in [-0.15, -0.1) is 0 Å². The second kappa shape index (κ2) is 8.50. The summed E-state index contributed by atoms with van der Waals surface area (Å²) < 4.78 is 6.98. The van der Waals surface area contributed by atoms with Crippen molar-refractivity contribution in [3.63, 3.8) is 0 Å². The van der Waals surface area contributed by atoms with Crippen molar-refractivity contribution >= 4 is 16.9 Å². The number of nitrogens with zero attached hydrogens (tertiary/aromatic N) is 3. The maximum atomic E-state index is 12.8.